The Morgan fingerprint density at radius 1 is 1.15 bits per heavy atom. The van der Waals surface area contributed by atoms with Crippen molar-refractivity contribution in [2.45, 2.75) is 0 Å². The molecule has 26 heavy (non-hydrogen) atoms. The highest BCUT2D eigenvalue weighted by molar-refractivity contribution is 6.08. The minimum Gasteiger partial charge on any atom is -0.495 e. The Morgan fingerprint density at radius 3 is 2.81 bits per heavy atom. The number of benzene rings is 1. The van der Waals surface area contributed by atoms with E-state index < -0.39 is 0 Å². The molecule has 4 rings (SSSR count). The van der Waals surface area contributed by atoms with Crippen LogP contribution in [0, 0.1) is 0 Å². The second-order valence-corrected chi connectivity index (χ2v) is 5.57. The molecule has 1 amide bonds. The van der Waals surface area contributed by atoms with Crippen LogP contribution in [0.5, 0.6) is 5.75 Å². The van der Waals surface area contributed by atoms with Gasteiger partial charge in [0.2, 0.25) is 0 Å². The number of hydrogen-bond acceptors (Lipinski definition) is 5. The van der Waals surface area contributed by atoms with Crippen LogP contribution in [0.1, 0.15) is 10.4 Å². The van der Waals surface area contributed by atoms with Gasteiger partial charge in [-0.05, 0) is 6.07 Å². The molecule has 0 aliphatic rings. The number of hydrogen-bond donors (Lipinski definition) is 1. The molecule has 0 atom stereocenters. The highest BCUT2D eigenvalue weighted by Gasteiger charge is 2.15. The van der Waals surface area contributed by atoms with Gasteiger partial charge in [-0.25, -0.2) is 9.50 Å². The number of fused-ring (bicyclic) bond motifs is 1. The van der Waals surface area contributed by atoms with Crippen LogP contribution in [0.2, 0.25) is 0 Å². The van der Waals surface area contributed by atoms with Crippen molar-refractivity contribution in [1.82, 2.24) is 19.6 Å². The van der Waals surface area contributed by atoms with Gasteiger partial charge in [-0.1, -0.05) is 30.3 Å². The van der Waals surface area contributed by atoms with Gasteiger partial charge in [0.15, 0.2) is 5.65 Å². The summed E-state index contributed by atoms with van der Waals surface area (Å²) in [5.41, 5.74) is 3.16. The molecule has 0 aliphatic heterocycles. The number of carbonyl (C=O) groups excluding carboxylic acids is 1. The van der Waals surface area contributed by atoms with Gasteiger partial charge in [0.25, 0.3) is 5.91 Å². The summed E-state index contributed by atoms with van der Waals surface area (Å²) >= 11 is 0. The van der Waals surface area contributed by atoms with Crippen molar-refractivity contribution in [3.63, 3.8) is 0 Å². The van der Waals surface area contributed by atoms with Crippen molar-refractivity contribution in [2.24, 2.45) is 0 Å². The van der Waals surface area contributed by atoms with Crippen LogP contribution in [0.25, 0.3) is 16.9 Å². The Morgan fingerprint density at radius 2 is 2.00 bits per heavy atom. The van der Waals surface area contributed by atoms with E-state index in [1.54, 1.807) is 48.5 Å². The first-order valence-corrected chi connectivity index (χ1v) is 7.95. The normalized spacial score (nSPS) is 10.7. The van der Waals surface area contributed by atoms with Crippen molar-refractivity contribution >= 4 is 17.2 Å². The number of carbonyl (C=O) groups is 1. The van der Waals surface area contributed by atoms with E-state index in [-0.39, 0.29) is 5.91 Å². The monoisotopic (exact) mass is 345 g/mol. The Balaban J connectivity index is 1.69. The maximum Gasteiger partial charge on any atom is 0.259 e. The summed E-state index contributed by atoms with van der Waals surface area (Å²) in [5, 5.41) is 7.06. The highest BCUT2D eigenvalue weighted by Crippen LogP contribution is 2.21. The zero-order valence-corrected chi connectivity index (χ0v) is 14.0. The molecular weight excluding hydrogens is 330 g/mol. The smallest absolute Gasteiger partial charge is 0.259 e. The maximum atomic E-state index is 12.7. The summed E-state index contributed by atoms with van der Waals surface area (Å²) in [6.07, 6.45) is 6.50. The first-order chi connectivity index (χ1) is 12.7. The van der Waals surface area contributed by atoms with Gasteiger partial charge in [0.05, 0.1) is 42.6 Å². The van der Waals surface area contributed by atoms with Crippen LogP contribution < -0.4 is 10.1 Å². The zero-order chi connectivity index (χ0) is 17.9. The van der Waals surface area contributed by atoms with Gasteiger partial charge >= 0.3 is 0 Å². The third-order valence-corrected chi connectivity index (χ3v) is 3.88. The Labute approximate surface area is 149 Å². The fraction of sp³-hybridized carbons (Fsp3) is 0.0526. The average molecular weight is 345 g/mol. The number of methoxy groups -OCH3 is 1. The summed E-state index contributed by atoms with van der Waals surface area (Å²) < 4.78 is 6.72. The molecule has 1 N–H and O–H groups in total. The summed E-state index contributed by atoms with van der Waals surface area (Å²) in [7, 11) is 1.55. The molecule has 0 fully saturated rings. The number of aromatic nitrogens is 4. The first-order valence-electron chi connectivity index (χ1n) is 7.95. The van der Waals surface area contributed by atoms with E-state index >= 15 is 0 Å². The number of anilines is 1. The van der Waals surface area contributed by atoms with E-state index in [4.69, 9.17) is 4.74 Å². The largest absolute Gasteiger partial charge is 0.495 e. The van der Waals surface area contributed by atoms with Gasteiger partial charge in [-0.2, -0.15) is 5.10 Å². The van der Waals surface area contributed by atoms with Crippen molar-refractivity contribution in [1.29, 1.82) is 0 Å². The van der Waals surface area contributed by atoms with E-state index in [0.29, 0.717) is 22.6 Å². The van der Waals surface area contributed by atoms with Gasteiger partial charge in [0, 0.05) is 17.8 Å². The SMILES string of the molecule is COc1cncc(NC(=O)c2ccnn3cc(-c4ccccc4)nc23)c1. The predicted octanol–water partition coefficient (Wildman–Crippen LogP) is 3.05. The number of nitrogens with one attached hydrogen (secondary N) is 1. The minimum atomic E-state index is -0.294. The molecule has 0 bridgehead atoms. The molecule has 0 saturated heterocycles. The molecule has 1 aromatic carbocycles. The molecule has 128 valence electrons. The molecule has 0 radical (unpaired) electrons. The second-order valence-electron chi connectivity index (χ2n) is 5.57. The lowest BCUT2D eigenvalue weighted by molar-refractivity contribution is 0.102. The van der Waals surface area contributed by atoms with Crippen LogP contribution >= 0.6 is 0 Å². The molecule has 7 nitrogen and oxygen atoms in total. The van der Waals surface area contributed by atoms with Crippen LogP contribution in [0.15, 0.2) is 67.3 Å². The zero-order valence-electron chi connectivity index (χ0n) is 14.0. The number of nitrogens with zero attached hydrogens (tertiary/aromatic N) is 4. The van der Waals surface area contributed by atoms with Gasteiger partial charge in [-0.3, -0.25) is 9.78 Å². The van der Waals surface area contributed by atoms with E-state index in [9.17, 15) is 4.79 Å². The van der Waals surface area contributed by atoms with Crippen LogP contribution in [-0.4, -0.2) is 32.6 Å². The first kappa shape index (κ1) is 15.8. The summed E-state index contributed by atoms with van der Waals surface area (Å²) in [5.74, 6) is 0.271. The lowest BCUT2D eigenvalue weighted by atomic mass is 10.2. The molecule has 0 aliphatic carbocycles. The predicted molar refractivity (Wildman–Crippen MR) is 97.2 cm³/mol. The number of amides is 1. The second kappa shape index (κ2) is 6.64. The summed E-state index contributed by atoms with van der Waals surface area (Å²) in [6, 6.07) is 13.1. The fourth-order valence-corrected chi connectivity index (χ4v) is 2.62. The van der Waals surface area contributed by atoms with E-state index in [1.165, 1.54) is 0 Å². The molecule has 3 aromatic heterocycles. The fourth-order valence-electron chi connectivity index (χ4n) is 2.62. The summed E-state index contributed by atoms with van der Waals surface area (Å²) in [4.78, 5) is 21.3. The minimum absolute atomic E-state index is 0.294. The maximum absolute atomic E-state index is 12.7. The molecule has 0 saturated carbocycles. The number of rotatable bonds is 4. The number of imidazole rings is 1. The van der Waals surface area contributed by atoms with E-state index in [1.807, 2.05) is 30.3 Å². The third kappa shape index (κ3) is 2.98. The number of pyridine rings is 1. The van der Waals surface area contributed by atoms with Crippen LogP contribution in [-0.2, 0) is 0 Å². The highest BCUT2D eigenvalue weighted by atomic mass is 16.5. The molecule has 0 spiro atoms. The summed E-state index contributed by atoms with van der Waals surface area (Å²) in [6.45, 7) is 0. The van der Waals surface area contributed by atoms with Crippen LogP contribution in [0.3, 0.4) is 0 Å². The van der Waals surface area contributed by atoms with E-state index in [0.717, 1.165) is 11.3 Å². The topological polar surface area (TPSA) is 81.4 Å². The van der Waals surface area contributed by atoms with Crippen molar-refractivity contribution in [2.75, 3.05) is 12.4 Å². The average Bonchev–Trinajstić information content (AvgIpc) is 3.13. The molecule has 0 unspecified atom stereocenters. The van der Waals surface area contributed by atoms with Crippen molar-refractivity contribution in [3.8, 4) is 17.0 Å². The van der Waals surface area contributed by atoms with Gasteiger partial charge < -0.3 is 10.1 Å². The van der Waals surface area contributed by atoms with Crippen molar-refractivity contribution in [3.05, 3.63) is 72.8 Å². The molecule has 4 aromatic rings. The standard InChI is InChI=1S/C19H15N5O2/c1-26-15-9-14(10-20-11-15)22-19(25)16-7-8-21-24-12-17(23-18(16)24)13-5-3-2-4-6-13/h2-12H,1H3,(H,22,25). The molecule has 7 heteroatoms. The molecular formula is C19H15N5O2. The quantitative estimate of drug-likeness (QED) is 0.615. The molecule has 3 heterocycles. The third-order valence-electron chi connectivity index (χ3n) is 3.88. The van der Waals surface area contributed by atoms with Gasteiger partial charge in [-0.15, -0.1) is 0 Å². The van der Waals surface area contributed by atoms with Crippen molar-refractivity contribution < 1.29 is 9.53 Å². The van der Waals surface area contributed by atoms with E-state index in [2.05, 4.69) is 20.4 Å². The Bertz CT molecular complexity index is 1080. The lowest BCUT2D eigenvalue weighted by Gasteiger charge is -2.07. The van der Waals surface area contributed by atoms with Gasteiger partial charge in [0.1, 0.15) is 5.75 Å². The van der Waals surface area contributed by atoms with Crippen LogP contribution in [0.4, 0.5) is 5.69 Å². The Hall–Kier alpha value is -3.74. The lowest BCUT2D eigenvalue weighted by Crippen LogP contribution is -2.14. The Kier molecular flexibility index (Phi) is 4.03. The number of ether oxygens (including phenoxy) is 1.